The topological polar surface area (TPSA) is 63.6 Å². The van der Waals surface area contributed by atoms with Crippen LogP contribution in [0.2, 0.25) is 0 Å². The van der Waals surface area contributed by atoms with Gasteiger partial charge in [0.15, 0.2) is 6.10 Å². The molecule has 1 aromatic heterocycles. The zero-order valence-corrected chi connectivity index (χ0v) is 11.7. The van der Waals surface area contributed by atoms with Gasteiger partial charge >= 0.3 is 0 Å². The first kappa shape index (κ1) is 13.8. The smallest absolute Gasteiger partial charge is 0.274 e. The molecule has 1 aliphatic heterocycles. The van der Waals surface area contributed by atoms with Gasteiger partial charge in [-0.25, -0.2) is 4.98 Å². The highest BCUT2D eigenvalue weighted by atomic mass is 16.6. The van der Waals surface area contributed by atoms with Crippen molar-refractivity contribution >= 4 is 17.4 Å². The quantitative estimate of drug-likeness (QED) is 0.884. The molecule has 2 heterocycles. The summed E-state index contributed by atoms with van der Waals surface area (Å²) in [4.78, 5) is 21.6. The van der Waals surface area contributed by atoms with E-state index in [1.807, 2.05) is 30.3 Å². The van der Waals surface area contributed by atoms with E-state index in [-0.39, 0.29) is 12.0 Å². The van der Waals surface area contributed by atoms with Crippen LogP contribution in [0.5, 0.6) is 0 Å². The standard InChI is InChI=1S/C17H13N3O2/c1-2-12-8-9-18-16(10-12)19-17(21)14-11-15(22-20-14)13-6-4-3-5-7-13/h1,3-10,15H,11H2,(H,18,19,21). The lowest BCUT2D eigenvalue weighted by Crippen LogP contribution is -2.22. The second kappa shape index (κ2) is 6.10. The highest BCUT2D eigenvalue weighted by Crippen LogP contribution is 2.27. The number of nitrogens with zero attached hydrogens (tertiary/aromatic N) is 2. The van der Waals surface area contributed by atoms with Crippen molar-refractivity contribution in [1.29, 1.82) is 0 Å². The van der Waals surface area contributed by atoms with Crippen molar-refractivity contribution in [2.75, 3.05) is 5.32 Å². The molecule has 1 aromatic carbocycles. The minimum atomic E-state index is -0.333. The fraction of sp³-hybridized carbons (Fsp3) is 0.118. The summed E-state index contributed by atoms with van der Waals surface area (Å²) in [6.07, 6.45) is 7.06. The number of hydrogen-bond acceptors (Lipinski definition) is 4. The Morgan fingerprint density at radius 2 is 2.14 bits per heavy atom. The van der Waals surface area contributed by atoms with Gasteiger partial charge in [-0.3, -0.25) is 4.79 Å². The number of carbonyl (C=O) groups is 1. The summed E-state index contributed by atoms with van der Waals surface area (Å²) in [5, 5.41) is 6.54. The van der Waals surface area contributed by atoms with Crippen LogP contribution in [0.3, 0.4) is 0 Å². The van der Waals surface area contributed by atoms with E-state index < -0.39 is 0 Å². The molecular weight excluding hydrogens is 278 g/mol. The van der Waals surface area contributed by atoms with Gasteiger partial charge in [-0.1, -0.05) is 41.4 Å². The minimum absolute atomic E-state index is 0.230. The van der Waals surface area contributed by atoms with Crippen LogP contribution in [0.1, 0.15) is 23.7 Å². The maximum atomic E-state index is 12.2. The number of amides is 1. The molecule has 5 nitrogen and oxygen atoms in total. The lowest BCUT2D eigenvalue weighted by Gasteiger charge is -2.07. The number of oxime groups is 1. The summed E-state index contributed by atoms with van der Waals surface area (Å²) < 4.78 is 0. The van der Waals surface area contributed by atoms with E-state index in [4.69, 9.17) is 11.3 Å². The van der Waals surface area contributed by atoms with Crippen LogP contribution in [0, 0.1) is 12.3 Å². The molecule has 1 N–H and O–H groups in total. The zero-order valence-electron chi connectivity index (χ0n) is 11.7. The highest BCUT2D eigenvalue weighted by Gasteiger charge is 2.27. The van der Waals surface area contributed by atoms with E-state index in [9.17, 15) is 4.79 Å². The van der Waals surface area contributed by atoms with Gasteiger partial charge in [0.1, 0.15) is 11.5 Å². The average molecular weight is 291 g/mol. The second-order valence-electron chi connectivity index (χ2n) is 4.78. The number of carbonyl (C=O) groups excluding carboxylic acids is 1. The Bertz CT molecular complexity index is 763. The number of pyridine rings is 1. The van der Waals surface area contributed by atoms with E-state index in [1.54, 1.807) is 18.3 Å². The number of anilines is 1. The molecule has 1 unspecified atom stereocenters. The fourth-order valence-electron chi connectivity index (χ4n) is 2.14. The molecule has 0 saturated heterocycles. The monoisotopic (exact) mass is 291 g/mol. The minimum Gasteiger partial charge on any atom is -0.387 e. The van der Waals surface area contributed by atoms with Crippen molar-refractivity contribution in [3.63, 3.8) is 0 Å². The van der Waals surface area contributed by atoms with Gasteiger partial charge < -0.3 is 10.2 Å². The summed E-state index contributed by atoms with van der Waals surface area (Å²) in [7, 11) is 0. The number of rotatable bonds is 3. The van der Waals surface area contributed by atoms with Gasteiger partial charge in [-0.05, 0) is 17.7 Å². The third kappa shape index (κ3) is 2.96. The molecule has 2 aromatic rings. The molecule has 3 rings (SSSR count). The van der Waals surface area contributed by atoms with Crippen molar-refractivity contribution in [2.45, 2.75) is 12.5 Å². The highest BCUT2D eigenvalue weighted by molar-refractivity contribution is 6.43. The molecule has 5 heteroatoms. The van der Waals surface area contributed by atoms with Crippen molar-refractivity contribution in [3.05, 3.63) is 59.8 Å². The van der Waals surface area contributed by atoms with E-state index in [0.717, 1.165) is 5.56 Å². The molecular formula is C17H13N3O2. The van der Waals surface area contributed by atoms with Crippen LogP contribution in [0.25, 0.3) is 0 Å². The summed E-state index contributed by atoms with van der Waals surface area (Å²) >= 11 is 0. The molecule has 0 radical (unpaired) electrons. The number of aromatic nitrogens is 1. The van der Waals surface area contributed by atoms with Crippen LogP contribution in [0.15, 0.2) is 53.8 Å². The van der Waals surface area contributed by atoms with Crippen LogP contribution >= 0.6 is 0 Å². The third-order valence-corrected chi connectivity index (χ3v) is 3.27. The number of nitrogens with one attached hydrogen (secondary N) is 1. The lowest BCUT2D eigenvalue weighted by molar-refractivity contribution is -0.110. The van der Waals surface area contributed by atoms with E-state index in [0.29, 0.717) is 23.5 Å². The van der Waals surface area contributed by atoms with Crippen molar-refractivity contribution in [3.8, 4) is 12.3 Å². The van der Waals surface area contributed by atoms with E-state index in [1.165, 1.54) is 0 Å². The molecule has 1 aliphatic rings. The normalized spacial score (nSPS) is 16.3. The first-order chi connectivity index (χ1) is 10.8. The molecule has 1 amide bonds. The Kier molecular flexibility index (Phi) is 3.84. The van der Waals surface area contributed by atoms with E-state index in [2.05, 4.69) is 21.4 Å². The fourth-order valence-corrected chi connectivity index (χ4v) is 2.14. The number of terminal acetylenes is 1. The molecule has 0 saturated carbocycles. The van der Waals surface area contributed by atoms with Gasteiger partial charge in [0, 0.05) is 18.2 Å². The molecule has 0 aliphatic carbocycles. The summed E-state index contributed by atoms with van der Waals surface area (Å²) in [6.45, 7) is 0. The Morgan fingerprint density at radius 3 is 2.91 bits per heavy atom. The SMILES string of the molecule is C#Cc1ccnc(NC(=O)C2=NOC(c3ccccc3)C2)c1. The summed E-state index contributed by atoms with van der Waals surface area (Å²) in [5.41, 5.74) is 1.97. The van der Waals surface area contributed by atoms with Crippen molar-refractivity contribution < 1.29 is 9.63 Å². The second-order valence-corrected chi connectivity index (χ2v) is 4.78. The van der Waals surface area contributed by atoms with Crippen molar-refractivity contribution in [2.24, 2.45) is 5.16 Å². The largest absolute Gasteiger partial charge is 0.387 e. The predicted octanol–water partition coefficient (Wildman–Crippen LogP) is 2.52. The van der Waals surface area contributed by atoms with Crippen LogP contribution in [-0.4, -0.2) is 16.6 Å². The van der Waals surface area contributed by atoms with Crippen LogP contribution in [0.4, 0.5) is 5.82 Å². The number of hydrogen-bond donors (Lipinski definition) is 1. The Balaban J connectivity index is 1.65. The maximum Gasteiger partial charge on any atom is 0.274 e. The average Bonchev–Trinajstić information content (AvgIpc) is 3.06. The third-order valence-electron chi connectivity index (χ3n) is 3.27. The summed E-state index contributed by atoms with van der Waals surface area (Å²) in [5.74, 6) is 2.55. The predicted molar refractivity (Wildman–Crippen MR) is 83.1 cm³/mol. The van der Waals surface area contributed by atoms with Gasteiger partial charge in [-0.15, -0.1) is 6.42 Å². The number of benzene rings is 1. The molecule has 0 bridgehead atoms. The first-order valence-corrected chi connectivity index (χ1v) is 6.78. The van der Waals surface area contributed by atoms with Gasteiger partial charge in [0.05, 0.1) is 0 Å². The molecule has 0 fully saturated rings. The molecule has 0 spiro atoms. The first-order valence-electron chi connectivity index (χ1n) is 6.78. The molecule has 108 valence electrons. The summed E-state index contributed by atoms with van der Waals surface area (Å²) in [6, 6.07) is 13.0. The van der Waals surface area contributed by atoms with Crippen LogP contribution in [-0.2, 0) is 9.63 Å². The Hall–Kier alpha value is -3.13. The molecule has 1 atom stereocenters. The van der Waals surface area contributed by atoms with Gasteiger partial charge in [-0.2, -0.15) is 0 Å². The molecule has 22 heavy (non-hydrogen) atoms. The van der Waals surface area contributed by atoms with Gasteiger partial charge in [0.25, 0.3) is 5.91 Å². The Labute approximate surface area is 128 Å². The van der Waals surface area contributed by atoms with E-state index >= 15 is 0 Å². The zero-order chi connectivity index (χ0) is 15.4. The van der Waals surface area contributed by atoms with Gasteiger partial charge in [0.2, 0.25) is 0 Å². The maximum absolute atomic E-state index is 12.2. The van der Waals surface area contributed by atoms with Crippen molar-refractivity contribution in [1.82, 2.24) is 4.98 Å². The lowest BCUT2D eigenvalue weighted by atomic mass is 10.0. The van der Waals surface area contributed by atoms with Crippen LogP contribution < -0.4 is 5.32 Å². The Morgan fingerprint density at radius 1 is 1.32 bits per heavy atom.